The van der Waals surface area contributed by atoms with E-state index in [1.54, 1.807) is 0 Å². The predicted octanol–water partition coefficient (Wildman–Crippen LogP) is 3.21. The van der Waals surface area contributed by atoms with Crippen molar-refractivity contribution in [2.24, 2.45) is 0 Å². The van der Waals surface area contributed by atoms with Crippen molar-refractivity contribution in [3.63, 3.8) is 0 Å². The molecule has 0 radical (unpaired) electrons. The number of rotatable bonds is 5. The molecule has 1 aromatic carbocycles. The third-order valence-electron chi connectivity index (χ3n) is 2.29. The topological polar surface area (TPSA) is 20.3 Å². The Kier molecular flexibility index (Phi) is 5.55. The monoisotopic (exact) mass is 305 g/mol. The number of halogens is 3. The molecule has 0 saturated heterocycles. The van der Waals surface area contributed by atoms with Crippen LogP contribution < -0.4 is 0 Å². The average molecular weight is 306 g/mol. The van der Waals surface area contributed by atoms with E-state index in [-0.39, 0.29) is 5.56 Å². The SMILES string of the molecule is CCCN(CCBr)C(=O)c1cc(F)ccc1F. The van der Waals surface area contributed by atoms with E-state index in [1.165, 1.54) is 4.90 Å². The Balaban J connectivity index is 2.95. The molecule has 0 aromatic heterocycles. The maximum absolute atomic E-state index is 13.4. The second kappa shape index (κ2) is 6.69. The van der Waals surface area contributed by atoms with E-state index < -0.39 is 17.5 Å². The largest absolute Gasteiger partial charge is 0.338 e. The van der Waals surface area contributed by atoms with Crippen LogP contribution in [0.2, 0.25) is 0 Å². The van der Waals surface area contributed by atoms with Gasteiger partial charge in [0.15, 0.2) is 0 Å². The number of carbonyl (C=O) groups excluding carboxylic acids is 1. The quantitative estimate of drug-likeness (QED) is 0.765. The van der Waals surface area contributed by atoms with Crippen LogP contribution in [0.3, 0.4) is 0 Å². The number of hydrogen-bond donors (Lipinski definition) is 0. The van der Waals surface area contributed by atoms with Crippen molar-refractivity contribution >= 4 is 21.8 Å². The molecule has 0 spiro atoms. The lowest BCUT2D eigenvalue weighted by Gasteiger charge is -2.21. The fourth-order valence-electron chi connectivity index (χ4n) is 1.52. The van der Waals surface area contributed by atoms with Crippen LogP contribution in [0.5, 0.6) is 0 Å². The molecule has 0 aliphatic rings. The summed E-state index contributed by atoms with van der Waals surface area (Å²) in [5.74, 6) is -1.76. The molecule has 0 N–H and O–H groups in total. The van der Waals surface area contributed by atoms with Crippen molar-refractivity contribution in [3.8, 4) is 0 Å². The van der Waals surface area contributed by atoms with Gasteiger partial charge in [0.2, 0.25) is 0 Å². The van der Waals surface area contributed by atoms with Crippen LogP contribution in [0.15, 0.2) is 18.2 Å². The number of benzene rings is 1. The lowest BCUT2D eigenvalue weighted by Crippen LogP contribution is -2.34. The predicted molar refractivity (Wildman–Crippen MR) is 66.3 cm³/mol. The molecule has 94 valence electrons. The number of nitrogens with zero attached hydrogens (tertiary/aromatic N) is 1. The Hall–Kier alpha value is -0.970. The first-order valence-corrected chi connectivity index (χ1v) is 6.52. The smallest absolute Gasteiger partial charge is 0.256 e. The molecule has 17 heavy (non-hydrogen) atoms. The third kappa shape index (κ3) is 3.77. The molecule has 1 aromatic rings. The Bertz CT molecular complexity index is 392. The molecule has 0 atom stereocenters. The zero-order chi connectivity index (χ0) is 12.8. The first kappa shape index (κ1) is 14.1. The van der Waals surface area contributed by atoms with Gasteiger partial charge >= 0.3 is 0 Å². The summed E-state index contributed by atoms with van der Waals surface area (Å²) in [6.07, 6.45) is 0.773. The highest BCUT2D eigenvalue weighted by Gasteiger charge is 2.18. The third-order valence-corrected chi connectivity index (χ3v) is 2.65. The molecule has 0 unspecified atom stereocenters. The van der Waals surface area contributed by atoms with E-state index in [1.807, 2.05) is 6.92 Å². The summed E-state index contributed by atoms with van der Waals surface area (Å²) in [5.41, 5.74) is -0.209. The van der Waals surface area contributed by atoms with Crippen molar-refractivity contribution in [2.75, 3.05) is 18.4 Å². The maximum atomic E-state index is 13.4. The molecular formula is C12H14BrF2NO. The molecule has 0 saturated carbocycles. The van der Waals surface area contributed by atoms with Gasteiger partial charge in [-0.15, -0.1) is 0 Å². The van der Waals surface area contributed by atoms with Crippen LogP contribution in [0.25, 0.3) is 0 Å². The zero-order valence-corrected chi connectivity index (χ0v) is 11.1. The van der Waals surface area contributed by atoms with Crippen LogP contribution in [0, 0.1) is 11.6 Å². The van der Waals surface area contributed by atoms with Gasteiger partial charge in [-0.2, -0.15) is 0 Å². The van der Waals surface area contributed by atoms with E-state index in [9.17, 15) is 13.6 Å². The standard InChI is InChI=1S/C12H14BrF2NO/c1-2-6-16(7-5-13)12(17)10-8-9(14)3-4-11(10)15/h3-4,8H,2,5-7H2,1H3. The normalized spacial score (nSPS) is 10.4. The van der Waals surface area contributed by atoms with Gasteiger partial charge in [0, 0.05) is 18.4 Å². The number of carbonyl (C=O) groups is 1. The first-order valence-electron chi connectivity index (χ1n) is 5.40. The number of hydrogen-bond acceptors (Lipinski definition) is 1. The van der Waals surface area contributed by atoms with Gasteiger partial charge < -0.3 is 4.90 Å². The number of amides is 1. The van der Waals surface area contributed by atoms with Crippen LogP contribution >= 0.6 is 15.9 Å². The fourth-order valence-corrected chi connectivity index (χ4v) is 1.95. The van der Waals surface area contributed by atoms with E-state index >= 15 is 0 Å². The van der Waals surface area contributed by atoms with Crippen molar-refractivity contribution < 1.29 is 13.6 Å². The molecule has 0 bridgehead atoms. The minimum atomic E-state index is -0.688. The van der Waals surface area contributed by atoms with Crippen molar-refractivity contribution in [2.45, 2.75) is 13.3 Å². The Morgan fingerprint density at radius 1 is 1.35 bits per heavy atom. The average Bonchev–Trinajstić information content (AvgIpc) is 2.31. The Morgan fingerprint density at radius 3 is 2.65 bits per heavy atom. The molecule has 0 fully saturated rings. The minimum Gasteiger partial charge on any atom is -0.338 e. The lowest BCUT2D eigenvalue weighted by atomic mass is 10.1. The van der Waals surface area contributed by atoms with Crippen LogP contribution in [-0.2, 0) is 0 Å². The summed E-state index contributed by atoms with van der Waals surface area (Å²) in [5, 5.41) is 0.607. The lowest BCUT2D eigenvalue weighted by molar-refractivity contribution is 0.0761. The van der Waals surface area contributed by atoms with Crippen LogP contribution in [0.4, 0.5) is 8.78 Å². The van der Waals surface area contributed by atoms with Gasteiger partial charge in [0.25, 0.3) is 5.91 Å². The summed E-state index contributed by atoms with van der Waals surface area (Å²) >= 11 is 3.23. The molecule has 2 nitrogen and oxygen atoms in total. The van der Waals surface area contributed by atoms with Gasteiger partial charge in [-0.05, 0) is 24.6 Å². The minimum absolute atomic E-state index is 0.209. The van der Waals surface area contributed by atoms with Gasteiger partial charge in [0.05, 0.1) is 5.56 Å². The molecule has 5 heteroatoms. The summed E-state index contributed by atoms with van der Waals surface area (Å²) in [7, 11) is 0. The van der Waals surface area contributed by atoms with Gasteiger partial charge in [-0.25, -0.2) is 8.78 Å². The summed E-state index contributed by atoms with van der Waals surface area (Å²) in [6.45, 7) is 2.93. The van der Waals surface area contributed by atoms with E-state index in [2.05, 4.69) is 15.9 Å². The molecule has 0 heterocycles. The fraction of sp³-hybridized carbons (Fsp3) is 0.417. The van der Waals surface area contributed by atoms with E-state index in [0.717, 1.165) is 24.6 Å². The van der Waals surface area contributed by atoms with Crippen molar-refractivity contribution in [1.29, 1.82) is 0 Å². The van der Waals surface area contributed by atoms with Crippen LogP contribution in [0.1, 0.15) is 23.7 Å². The molecule has 0 aliphatic heterocycles. The summed E-state index contributed by atoms with van der Waals surface area (Å²) in [4.78, 5) is 13.5. The van der Waals surface area contributed by atoms with E-state index in [0.29, 0.717) is 18.4 Å². The maximum Gasteiger partial charge on any atom is 0.256 e. The van der Waals surface area contributed by atoms with Gasteiger partial charge in [0.1, 0.15) is 11.6 Å². The van der Waals surface area contributed by atoms with Gasteiger partial charge in [-0.1, -0.05) is 22.9 Å². The molecule has 1 rings (SSSR count). The van der Waals surface area contributed by atoms with E-state index in [4.69, 9.17) is 0 Å². The van der Waals surface area contributed by atoms with Crippen molar-refractivity contribution in [1.82, 2.24) is 4.90 Å². The number of alkyl halides is 1. The molecular weight excluding hydrogens is 292 g/mol. The van der Waals surface area contributed by atoms with Gasteiger partial charge in [-0.3, -0.25) is 4.79 Å². The Labute approximate surface area is 108 Å². The highest BCUT2D eigenvalue weighted by molar-refractivity contribution is 9.09. The highest BCUT2D eigenvalue weighted by Crippen LogP contribution is 2.13. The molecule has 0 aliphatic carbocycles. The first-order chi connectivity index (χ1) is 8.10. The summed E-state index contributed by atoms with van der Waals surface area (Å²) < 4.78 is 26.4. The van der Waals surface area contributed by atoms with Crippen molar-refractivity contribution in [3.05, 3.63) is 35.4 Å². The zero-order valence-electron chi connectivity index (χ0n) is 9.55. The van der Waals surface area contributed by atoms with Crippen LogP contribution in [-0.4, -0.2) is 29.2 Å². The highest BCUT2D eigenvalue weighted by atomic mass is 79.9. The second-order valence-electron chi connectivity index (χ2n) is 3.61. The second-order valence-corrected chi connectivity index (χ2v) is 4.40. The molecule has 1 amide bonds. The Morgan fingerprint density at radius 2 is 2.06 bits per heavy atom. The summed E-state index contributed by atoms with van der Waals surface area (Å²) in [6, 6.07) is 2.91.